The predicted octanol–water partition coefficient (Wildman–Crippen LogP) is 1.45. The van der Waals surface area contributed by atoms with Crippen molar-refractivity contribution in [3.05, 3.63) is 18.2 Å². The van der Waals surface area contributed by atoms with Gasteiger partial charge in [0, 0.05) is 24.3 Å². The van der Waals surface area contributed by atoms with Gasteiger partial charge in [-0.05, 0) is 25.0 Å². The first-order valence-corrected chi connectivity index (χ1v) is 8.42. The number of methoxy groups -OCH3 is 1. The lowest BCUT2D eigenvalue weighted by molar-refractivity contribution is 0.219. The Balaban J connectivity index is 3.35. The fourth-order valence-electron chi connectivity index (χ4n) is 2.32. The van der Waals surface area contributed by atoms with Crippen LogP contribution in [0.5, 0.6) is 5.75 Å². The lowest BCUT2D eigenvalue weighted by Gasteiger charge is -2.29. The molecular formula is C14H24N2O4S. The summed E-state index contributed by atoms with van der Waals surface area (Å²) in [6.45, 7) is 3.68. The summed E-state index contributed by atoms with van der Waals surface area (Å²) in [5.41, 5.74) is 6.10. The second-order valence-corrected chi connectivity index (χ2v) is 6.58. The SMILES string of the molecule is CCC(CC)N(CCO)S(=O)(=O)c1ccc(N)cc1OC. The van der Waals surface area contributed by atoms with Gasteiger partial charge in [-0.15, -0.1) is 0 Å². The Morgan fingerprint density at radius 3 is 2.43 bits per heavy atom. The highest BCUT2D eigenvalue weighted by Crippen LogP contribution is 2.30. The largest absolute Gasteiger partial charge is 0.495 e. The molecule has 0 heterocycles. The van der Waals surface area contributed by atoms with Crippen LogP contribution in [0, 0.1) is 0 Å². The van der Waals surface area contributed by atoms with Gasteiger partial charge in [-0.1, -0.05) is 13.8 Å². The molecule has 7 heteroatoms. The number of anilines is 1. The Hall–Kier alpha value is -1.31. The van der Waals surface area contributed by atoms with Gasteiger partial charge in [-0.3, -0.25) is 0 Å². The molecule has 0 spiro atoms. The molecular weight excluding hydrogens is 292 g/mol. The number of rotatable bonds is 8. The van der Waals surface area contributed by atoms with E-state index in [1.165, 1.54) is 29.6 Å². The molecule has 0 aromatic heterocycles. The topological polar surface area (TPSA) is 92.9 Å². The van der Waals surface area contributed by atoms with Crippen LogP contribution in [0.4, 0.5) is 5.69 Å². The average Bonchev–Trinajstić information content (AvgIpc) is 2.47. The molecule has 1 rings (SSSR count). The first kappa shape index (κ1) is 17.7. The van der Waals surface area contributed by atoms with Gasteiger partial charge in [0.15, 0.2) is 0 Å². The van der Waals surface area contributed by atoms with Crippen molar-refractivity contribution in [1.29, 1.82) is 0 Å². The van der Waals surface area contributed by atoms with Crippen molar-refractivity contribution in [1.82, 2.24) is 4.31 Å². The smallest absolute Gasteiger partial charge is 0.247 e. The first-order valence-electron chi connectivity index (χ1n) is 6.98. The maximum Gasteiger partial charge on any atom is 0.247 e. The number of hydrogen-bond acceptors (Lipinski definition) is 5. The van der Waals surface area contributed by atoms with E-state index in [2.05, 4.69) is 0 Å². The van der Waals surface area contributed by atoms with Crippen LogP contribution in [-0.4, -0.2) is 44.1 Å². The monoisotopic (exact) mass is 316 g/mol. The van der Waals surface area contributed by atoms with E-state index in [-0.39, 0.29) is 29.8 Å². The number of aliphatic hydroxyl groups excluding tert-OH is 1. The van der Waals surface area contributed by atoms with Gasteiger partial charge < -0.3 is 15.6 Å². The molecule has 0 fully saturated rings. The summed E-state index contributed by atoms with van der Waals surface area (Å²) in [7, 11) is -2.35. The van der Waals surface area contributed by atoms with Gasteiger partial charge in [0.05, 0.1) is 13.7 Å². The van der Waals surface area contributed by atoms with Crippen LogP contribution >= 0.6 is 0 Å². The molecule has 0 unspecified atom stereocenters. The summed E-state index contributed by atoms with van der Waals surface area (Å²) in [5, 5.41) is 9.20. The minimum Gasteiger partial charge on any atom is -0.495 e. The van der Waals surface area contributed by atoms with E-state index >= 15 is 0 Å². The summed E-state index contributed by atoms with van der Waals surface area (Å²) in [6.07, 6.45) is 1.35. The molecule has 1 aromatic rings. The third-order valence-electron chi connectivity index (χ3n) is 3.44. The second kappa shape index (κ2) is 7.63. The molecule has 0 amide bonds. The van der Waals surface area contributed by atoms with Crippen molar-refractivity contribution >= 4 is 15.7 Å². The number of ether oxygens (including phenoxy) is 1. The van der Waals surface area contributed by atoms with Gasteiger partial charge in [0.1, 0.15) is 10.6 Å². The first-order chi connectivity index (χ1) is 9.92. The minimum atomic E-state index is -3.75. The van der Waals surface area contributed by atoms with Gasteiger partial charge in [-0.2, -0.15) is 4.31 Å². The number of aliphatic hydroxyl groups is 1. The summed E-state index contributed by atoms with van der Waals surface area (Å²) in [5.74, 6) is 0.212. The molecule has 0 aliphatic rings. The molecule has 1 aromatic carbocycles. The third-order valence-corrected chi connectivity index (χ3v) is 5.44. The van der Waals surface area contributed by atoms with E-state index in [1.54, 1.807) is 0 Å². The number of sulfonamides is 1. The van der Waals surface area contributed by atoms with Crippen molar-refractivity contribution in [2.75, 3.05) is 26.0 Å². The molecule has 6 nitrogen and oxygen atoms in total. The lowest BCUT2D eigenvalue weighted by atomic mass is 10.2. The van der Waals surface area contributed by atoms with Crippen LogP contribution in [0.15, 0.2) is 23.1 Å². The summed E-state index contributed by atoms with van der Waals surface area (Å²) < 4.78 is 32.2. The molecule has 120 valence electrons. The fraction of sp³-hybridized carbons (Fsp3) is 0.571. The quantitative estimate of drug-likeness (QED) is 0.708. The van der Waals surface area contributed by atoms with Crippen molar-refractivity contribution in [2.45, 2.75) is 37.6 Å². The normalized spacial score (nSPS) is 12.1. The highest BCUT2D eigenvalue weighted by Gasteiger charge is 2.31. The van der Waals surface area contributed by atoms with E-state index < -0.39 is 10.0 Å². The van der Waals surface area contributed by atoms with Crippen LogP contribution < -0.4 is 10.5 Å². The molecule has 0 saturated heterocycles. The molecule has 0 aliphatic heterocycles. The molecule has 0 atom stereocenters. The van der Waals surface area contributed by atoms with Gasteiger partial charge in [0.2, 0.25) is 10.0 Å². The van der Waals surface area contributed by atoms with Crippen LogP contribution in [0.1, 0.15) is 26.7 Å². The Labute approximate surface area is 126 Å². The van der Waals surface area contributed by atoms with Crippen molar-refractivity contribution in [3.63, 3.8) is 0 Å². The van der Waals surface area contributed by atoms with Crippen LogP contribution in [0.25, 0.3) is 0 Å². The van der Waals surface area contributed by atoms with Crippen LogP contribution in [0.3, 0.4) is 0 Å². The second-order valence-electron chi connectivity index (χ2n) is 4.72. The van der Waals surface area contributed by atoms with E-state index in [4.69, 9.17) is 10.5 Å². The molecule has 21 heavy (non-hydrogen) atoms. The summed E-state index contributed by atoms with van der Waals surface area (Å²) in [4.78, 5) is 0.0690. The average molecular weight is 316 g/mol. The Bertz CT molecular complexity index is 556. The lowest BCUT2D eigenvalue weighted by Crippen LogP contribution is -2.41. The third kappa shape index (κ3) is 3.87. The van der Waals surface area contributed by atoms with Gasteiger partial charge >= 0.3 is 0 Å². The van der Waals surface area contributed by atoms with E-state index in [1.807, 2.05) is 13.8 Å². The zero-order valence-electron chi connectivity index (χ0n) is 12.7. The summed E-state index contributed by atoms with van der Waals surface area (Å²) >= 11 is 0. The maximum atomic E-state index is 12.9. The van der Waals surface area contributed by atoms with E-state index in [9.17, 15) is 13.5 Å². The van der Waals surface area contributed by atoms with Gasteiger partial charge in [0.25, 0.3) is 0 Å². The maximum absolute atomic E-state index is 12.9. The molecule has 0 radical (unpaired) electrons. The van der Waals surface area contributed by atoms with Crippen molar-refractivity contribution in [3.8, 4) is 5.75 Å². The minimum absolute atomic E-state index is 0.0577. The van der Waals surface area contributed by atoms with E-state index in [0.29, 0.717) is 18.5 Å². The van der Waals surface area contributed by atoms with Gasteiger partial charge in [-0.25, -0.2) is 8.42 Å². The number of nitrogen functional groups attached to an aromatic ring is 1. The Morgan fingerprint density at radius 2 is 1.95 bits per heavy atom. The highest BCUT2D eigenvalue weighted by molar-refractivity contribution is 7.89. The molecule has 0 aliphatic carbocycles. The fourth-order valence-corrected chi connectivity index (χ4v) is 4.22. The number of hydrogen-bond donors (Lipinski definition) is 2. The summed E-state index contributed by atoms with van der Waals surface area (Å²) in [6, 6.07) is 4.29. The number of nitrogens with two attached hydrogens (primary N) is 1. The van der Waals surface area contributed by atoms with Crippen LogP contribution in [-0.2, 0) is 10.0 Å². The molecule has 3 N–H and O–H groups in total. The zero-order valence-corrected chi connectivity index (χ0v) is 13.6. The van der Waals surface area contributed by atoms with Crippen molar-refractivity contribution in [2.24, 2.45) is 0 Å². The van der Waals surface area contributed by atoms with Crippen molar-refractivity contribution < 1.29 is 18.3 Å². The molecule has 0 saturated carbocycles. The standard InChI is InChI=1S/C14H24N2O4S/c1-4-12(5-2)16(8-9-17)21(18,19)14-7-6-11(15)10-13(14)20-3/h6-7,10,12,17H,4-5,8-9,15H2,1-3H3. The predicted molar refractivity (Wildman–Crippen MR) is 82.8 cm³/mol. The highest BCUT2D eigenvalue weighted by atomic mass is 32.2. The molecule has 0 bridgehead atoms. The number of nitrogens with zero attached hydrogens (tertiary/aromatic N) is 1. The Morgan fingerprint density at radius 1 is 1.33 bits per heavy atom. The van der Waals surface area contributed by atoms with Crippen LogP contribution in [0.2, 0.25) is 0 Å². The zero-order chi connectivity index (χ0) is 16.0. The number of benzene rings is 1. The Kier molecular flexibility index (Phi) is 6.44. The van der Waals surface area contributed by atoms with E-state index in [0.717, 1.165) is 0 Å².